The van der Waals surface area contributed by atoms with Crippen LogP contribution in [0.15, 0.2) is 48.5 Å². The number of aromatic hydroxyl groups is 1. The zero-order valence-corrected chi connectivity index (χ0v) is 8.78. The van der Waals surface area contributed by atoms with Crippen LogP contribution in [0.25, 0.3) is 0 Å². The van der Waals surface area contributed by atoms with E-state index >= 15 is 0 Å². The number of hydrogen-bond acceptors (Lipinski definition) is 1. The molecule has 0 spiro atoms. The van der Waals surface area contributed by atoms with Gasteiger partial charge in [-0.15, -0.1) is 0 Å². The van der Waals surface area contributed by atoms with E-state index in [9.17, 15) is 5.11 Å². The van der Waals surface area contributed by atoms with Crippen molar-refractivity contribution in [2.45, 2.75) is 0 Å². The minimum Gasteiger partial charge on any atom is -0.508 e. The van der Waals surface area contributed by atoms with Crippen molar-refractivity contribution in [3.8, 4) is 5.75 Å². The van der Waals surface area contributed by atoms with Crippen LogP contribution in [-0.2, 0) is 0 Å². The zero-order chi connectivity index (χ0) is 10.7. The smallest absolute Gasteiger partial charge is 0.115 e. The van der Waals surface area contributed by atoms with Gasteiger partial charge < -0.3 is 5.11 Å². The predicted octanol–water partition coefficient (Wildman–Crippen LogP) is 3.65. The molecule has 1 radical (unpaired) electrons. The number of rotatable bonds is 2. The molecule has 0 aliphatic rings. The lowest BCUT2D eigenvalue weighted by molar-refractivity contribution is 0.475. The standard InChI is InChI=1S/C13H10ClO/c14-12-6-4-10(5-7-12)8-11-2-1-3-13(15)9-11/h1-9,15H. The number of halogens is 1. The van der Waals surface area contributed by atoms with Gasteiger partial charge in [-0.05, 0) is 35.4 Å². The molecule has 0 bridgehead atoms. The predicted molar refractivity (Wildman–Crippen MR) is 62.1 cm³/mol. The van der Waals surface area contributed by atoms with Crippen molar-refractivity contribution in [2.24, 2.45) is 0 Å². The van der Waals surface area contributed by atoms with Crippen LogP contribution in [0.1, 0.15) is 11.1 Å². The van der Waals surface area contributed by atoms with E-state index in [0.717, 1.165) is 16.1 Å². The molecule has 0 atom stereocenters. The van der Waals surface area contributed by atoms with Gasteiger partial charge in [-0.2, -0.15) is 0 Å². The molecule has 0 aromatic heterocycles. The van der Waals surface area contributed by atoms with Crippen LogP contribution in [0.3, 0.4) is 0 Å². The van der Waals surface area contributed by atoms with Crippen LogP contribution >= 0.6 is 11.6 Å². The largest absolute Gasteiger partial charge is 0.508 e. The highest BCUT2D eigenvalue weighted by molar-refractivity contribution is 6.30. The van der Waals surface area contributed by atoms with E-state index in [2.05, 4.69) is 0 Å². The minimum atomic E-state index is 0.276. The van der Waals surface area contributed by atoms with Gasteiger partial charge >= 0.3 is 0 Å². The van der Waals surface area contributed by atoms with Gasteiger partial charge in [0.15, 0.2) is 0 Å². The molecule has 0 heterocycles. The molecular formula is C13H10ClO. The zero-order valence-electron chi connectivity index (χ0n) is 8.02. The molecule has 0 amide bonds. The summed E-state index contributed by atoms with van der Waals surface area (Å²) in [5, 5.41) is 10.0. The van der Waals surface area contributed by atoms with Crippen LogP contribution < -0.4 is 0 Å². The molecule has 0 aliphatic heterocycles. The summed E-state index contributed by atoms with van der Waals surface area (Å²) in [5.41, 5.74) is 2.03. The Morgan fingerprint density at radius 1 is 0.933 bits per heavy atom. The van der Waals surface area contributed by atoms with Crippen molar-refractivity contribution in [2.75, 3.05) is 0 Å². The fourth-order valence-corrected chi connectivity index (χ4v) is 1.49. The Hall–Kier alpha value is -1.47. The lowest BCUT2D eigenvalue weighted by atomic mass is 10.1. The Labute approximate surface area is 94.0 Å². The topological polar surface area (TPSA) is 20.2 Å². The molecule has 2 aromatic rings. The van der Waals surface area contributed by atoms with Crippen molar-refractivity contribution in [3.05, 3.63) is 71.1 Å². The summed E-state index contributed by atoms with van der Waals surface area (Å²) in [6.45, 7) is 0. The van der Waals surface area contributed by atoms with Gasteiger partial charge in [0.05, 0.1) is 0 Å². The van der Waals surface area contributed by atoms with Crippen molar-refractivity contribution >= 4 is 11.6 Å². The average Bonchev–Trinajstić information content (AvgIpc) is 2.22. The normalized spacial score (nSPS) is 10.2. The molecule has 0 saturated heterocycles. The van der Waals surface area contributed by atoms with Crippen LogP contribution in [0.4, 0.5) is 0 Å². The highest BCUT2D eigenvalue weighted by atomic mass is 35.5. The van der Waals surface area contributed by atoms with Gasteiger partial charge in [0.1, 0.15) is 5.75 Å². The Bertz CT molecular complexity index is 448. The number of phenols is 1. The summed E-state index contributed by atoms with van der Waals surface area (Å²) in [7, 11) is 0. The monoisotopic (exact) mass is 217 g/mol. The van der Waals surface area contributed by atoms with E-state index in [1.54, 1.807) is 12.1 Å². The van der Waals surface area contributed by atoms with Gasteiger partial charge in [-0.25, -0.2) is 0 Å². The molecule has 15 heavy (non-hydrogen) atoms. The van der Waals surface area contributed by atoms with Crippen molar-refractivity contribution in [1.29, 1.82) is 0 Å². The van der Waals surface area contributed by atoms with Gasteiger partial charge in [0, 0.05) is 11.4 Å². The second-order valence-corrected chi connectivity index (χ2v) is 3.73. The van der Waals surface area contributed by atoms with Gasteiger partial charge in [-0.1, -0.05) is 35.9 Å². The fraction of sp³-hybridized carbons (Fsp3) is 0. The maximum absolute atomic E-state index is 9.29. The third-order valence-corrected chi connectivity index (χ3v) is 2.33. The maximum atomic E-state index is 9.29. The number of phenolic OH excluding ortho intramolecular Hbond substituents is 1. The lowest BCUT2D eigenvalue weighted by Crippen LogP contribution is -1.83. The Balaban J connectivity index is 2.18. The second kappa shape index (κ2) is 4.37. The van der Waals surface area contributed by atoms with E-state index in [1.807, 2.05) is 42.8 Å². The van der Waals surface area contributed by atoms with E-state index in [1.165, 1.54) is 0 Å². The molecule has 2 heteroatoms. The van der Waals surface area contributed by atoms with E-state index in [0.29, 0.717) is 0 Å². The van der Waals surface area contributed by atoms with Gasteiger partial charge in [-0.3, -0.25) is 0 Å². The van der Waals surface area contributed by atoms with Crippen LogP contribution in [0.2, 0.25) is 5.02 Å². The molecule has 1 nitrogen and oxygen atoms in total. The van der Waals surface area contributed by atoms with E-state index < -0.39 is 0 Å². The van der Waals surface area contributed by atoms with Gasteiger partial charge in [0.2, 0.25) is 0 Å². The molecule has 2 aromatic carbocycles. The summed E-state index contributed by atoms with van der Waals surface area (Å²) in [6.07, 6.45) is 1.98. The molecule has 0 unspecified atom stereocenters. The minimum absolute atomic E-state index is 0.276. The Morgan fingerprint density at radius 2 is 1.67 bits per heavy atom. The highest BCUT2D eigenvalue weighted by Gasteiger charge is 1.97. The Morgan fingerprint density at radius 3 is 2.33 bits per heavy atom. The van der Waals surface area contributed by atoms with Crippen LogP contribution in [-0.4, -0.2) is 5.11 Å². The van der Waals surface area contributed by atoms with Crippen LogP contribution in [0, 0.1) is 6.42 Å². The van der Waals surface area contributed by atoms with Crippen LogP contribution in [0.5, 0.6) is 5.75 Å². The van der Waals surface area contributed by atoms with Crippen molar-refractivity contribution in [1.82, 2.24) is 0 Å². The molecule has 0 saturated carbocycles. The van der Waals surface area contributed by atoms with Crippen molar-refractivity contribution < 1.29 is 5.11 Å². The quantitative estimate of drug-likeness (QED) is 0.814. The first-order valence-corrected chi connectivity index (χ1v) is 5.01. The summed E-state index contributed by atoms with van der Waals surface area (Å²) in [6, 6.07) is 14.7. The highest BCUT2D eigenvalue weighted by Crippen LogP contribution is 2.18. The third kappa shape index (κ3) is 2.74. The molecule has 75 valence electrons. The third-order valence-electron chi connectivity index (χ3n) is 2.07. The molecule has 0 fully saturated rings. The number of hydrogen-bond donors (Lipinski definition) is 1. The first-order chi connectivity index (χ1) is 7.24. The lowest BCUT2D eigenvalue weighted by Gasteiger charge is -2.02. The molecule has 2 rings (SSSR count). The fourth-order valence-electron chi connectivity index (χ4n) is 1.37. The van der Waals surface area contributed by atoms with Gasteiger partial charge in [0.25, 0.3) is 0 Å². The first-order valence-electron chi connectivity index (χ1n) is 4.63. The number of benzene rings is 2. The van der Waals surface area contributed by atoms with E-state index in [4.69, 9.17) is 11.6 Å². The van der Waals surface area contributed by atoms with Crippen molar-refractivity contribution in [3.63, 3.8) is 0 Å². The average molecular weight is 218 g/mol. The molecule has 1 N–H and O–H groups in total. The SMILES string of the molecule is Oc1cccc([CH]c2ccc(Cl)cc2)c1. The summed E-state index contributed by atoms with van der Waals surface area (Å²) >= 11 is 5.79. The Kier molecular flexibility index (Phi) is 2.93. The summed E-state index contributed by atoms with van der Waals surface area (Å²) in [4.78, 5) is 0. The second-order valence-electron chi connectivity index (χ2n) is 3.29. The molecule has 0 aliphatic carbocycles. The molecular weight excluding hydrogens is 208 g/mol. The summed E-state index contributed by atoms with van der Waals surface area (Å²) in [5.74, 6) is 0.276. The first kappa shape index (κ1) is 10.1. The maximum Gasteiger partial charge on any atom is 0.115 e. The van der Waals surface area contributed by atoms with E-state index in [-0.39, 0.29) is 5.75 Å². The summed E-state index contributed by atoms with van der Waals surface area (Å²) < 4.78 is 0.